The monoisotopic (exact) mass is 228 g/mol. The van der Waals surface area contributed by atoms with E-state index in [9.17, 15) is 0 Å². The Morgan fingerprint density at radius 1 is 1.18 bits per heavy atom. The Hall–Kier alpha value is -0.820. The predicted molar refractivity (Wildman–Crippen MR) is 71.6 cm³/mol. The molecule has 0 saturated heterocycles. The van der Waals surface area contributed by atoms with Gasteiger partial charge in [0.25, 0.3) is 0 Å². The van der Waals surface area contributed by atoms with Gasteiger partial charge in [0.2, 0.25) is 0 Å². The Morgan fingerprint density at radius 2 is 1.94 bits per heavy atom. The number of hydrogen-bond donors (Lipinski definition) is 1. The largest absolute Gasteiger partial charge is 0.327 e. The molecule has 0 bridgehead atoms. The molecule has 3 rings (SSSR count). The molecule has 0 amide bonds. The van der Waals surface area contributed by atoms with Crippen LogP contribution in [0.25, 0.3) is 0 Å². The second-order valence-corrected chi connectivity index (χ2v) is 5.77. The van der Waals surface area contributed by atoms with Crippen LogP contribution in [-0.4, -0.2) is 6.04 Å². The molecular weight excluding hydrogens is 206 g/mol. The zero-order valence-electron chi connectivity index (χ0n) is 10.4. The van der Waals surface area contributed by atoms with E-state index in [-0.39, 0.29) is 5.41 Å². The van der Waals surface area contributed by atoms with Crippen LogP contribution >= 0.6 is 0 Å². The molecule has 1 radical (unpaired) electrons. The summed E-state index contributed by atoms with van der Waals surface area (Å²) >= 11 is 0. The van der Waals surface area contributed by atoms with E-state index in [4.69, 9.17) is 5.73 Å². The van der Waals surface area contributed by atoms with Gasteiger partial charge in [0.15, 0.2) is 0 Å². The third kappa shape index (κ3) is 2.01. The number of hydrogen-bond acceptors (Lipinski definition) is 1. The first-order valence-corrected chi connectivity index (χ1v) is 6.96. The van der Waals surface area contributed by atoms with Crippen LogP contribution < -0.4 is 5.73 Å². The molecule has 2 aliphatic carbocycles. The van der Waals surface area contributed by atoms with Gasteiger partial charge in [0.1, 0.15) is 0 Å². The maximum atomic E-state index is 6.60. The smallest absolute Gasteiger partial charge is 0.0165 e. The van der Waals surface area contributed by atoms with Crippen LogP contribution in [0.2, 0.25) is 0 Å². The van der Waals surface area contributed by atoms with Gasteiger partial charge in [-0.25, -0.2) is 0 Å². The molecule has 91 valence electrons. The van der Waals surface area contributed by atoms with Crippen LogP contribution in [-0.2, 0) is 5.41 Å². The summed E-state index contributed by atoms with van der Waals surface area (Å²) in [5.74, 6) is 0.779. The van der Waals surface area contributed by atoms with Crippen molar-refractivity contribution in [1.82, 2.24) is 0 Å². The van der Waals surface area contributed by atoms with Gasteiger partial charge in [-0.05, 0) is 43.6 Å². The van der Waals surface area contributed by atoms with Gasteiger partial charge in [-0.1, -0.05) is 43.2 Å². The molecule has 0 unspecified atom stereocenters. The van der Waals surface area contributed by atoms with Crippen LogP contribution in [0.15, 0.2) is 30.3 Å². The van der Waals surface area contributed by atoms with Crippen molar-refractivity contribution in [3.8, 4) is 0 Å². The minimum atomic E-state index is 0.237. The molecule has 0 aliphatic heterocycles. The van der Waals surface area contributed by atoms with Crippen molar-refractivity contribution in [3.05, 3.63) is 42.3 Å². The fraction of sp³-hybridized carbons (Fsp3) is 0.562. The number of benzene rings is 1. The van der Waals surface area contributed by atoms with E-state index < -0.39 is 0 Å². The quantitative estimate of drug-likeness (QED) is 0.842. The maximum Gasteiger partial charge on any atom is 0.0165 e. The van der Waals surface area contributed by atoms with E-state index in [1.807, 2.05) is 0 Å². The second kappa shape index (κ2) is 4.45. The summed E-state index contributed by atoms with van der Waals surface area (Å²) in [5, 5.41) is 0. The summed E-state index contributed by atoms with van der Waals surface area (Å²) < 4.78 is 0. The SMILES string of the molecule is N[C@H](C1CC1)[C@]1(c2ccccc2)C[CH]CCC1. The Balaban J connectivity index is 1.94. The summed E-state index contributed by atoms with van der Waals surface area (Å²) in [6.45, 7) is 0. The van der Waals surface area contributed by atoms with Crippen molar-refractivity contribution >= 4 is 0 Å². The van der Waals surface area contributed by atoms with Crippen LogP contribution in [0, 0.1) is 12.3 Å². The molecule has 17 heavy (non-hydrogen) atoms. The van der Waals surface area contributed by atoms with Crippen molar-refractivity contribution in [2.24, 2.45) is 11.7 Å². The summed E-state index contributed by atoms with van der Waals surface area (Å²) in [7, 11) is 0. The van der Waals surface area contributed by atoms with Gasteiger partial charge >= 0.3 is 0 Å². The third-order valence-electron chi connectivity index (χ3n) is 4.66. The zero-order chi connectivity index (χ0) is 11.7. The normalized spacial score (nSPS) is 25.5. The van der Waals surface area contributed by atoms with Crippen molar-refractivity contribution in [2.75, 3.05) is 0 Å². The van der Waals surface area contributed by atoms with E-state index in [2.05, 4.69) is 36.8 Å². The predicted octanol–water partition coefficient (Wildman–Crippen LogP) is 3.44. The van der Waals surface area contributed by atoms with Crippen LogP contribution in [0.5, 0.6) is 0 Å². The lowest BCUT2D eigenvalue weighted by atomic mass is 9.64. The Bertz CT molecular complexity index is 360. The van der Waals surface area contributed by atoms with Gasteiger partial charge in [0.05, 0.1) is 0 Å². The van der Waals surface area contributed by atoms with E-state index in [1.54, 1.807) is 0 Å². The topological polar surface area (TPSA) is 26.0 Å². The molecule has 2 aliphatic rings. The highest BCUT2D eigenvalue weighted by Gasteiger charge is 2.45. The number of rotatable bonds is 3. The Labute approximate surface area is 104 Å². The Kier molecular flexibility index (Phi) is 2.96. The number of nitrogens with two attached hydrogens (primary N) is 1. The first-order chi connectivity index (χ1) is 8.33. The van der Waals surface area contributed by atoms with Crippen LogP contribution in [0.4, 0.5) is 0 Å². The molecular formula is C16H22N. The van der Waals surface area contributed by atoms with E-state index in [0.717, 1.165) is 5.92 Å². The summed E-state index contributed by atoms with van der Waals surface area (Å²) in [5.41, 5.74) is 8.31. The fourth-order valence-corrected chi connectivity index (χ4v) is 3.46. The summed E-state index contributed by atoms with van der Waals surface area (Å²) in [6.07, 6.45) is 10.2. The molecule has 0 spiro atoms. The molecule has 1 nitrogen and oxygen atoms in total. The van der Waals surface area contributed by atoms with Crippen molar-refractivity contribution < 1.29 is 0 Å². The molecule has 2 fully saturated rings. The van der Waals surface area contributed by atoms with Crippen LogP contribution in [0.1, 0.15) is 44.1 Å². The van der Waals surface area contributed by atoms with E-state index in [1.165, 1.54) is 44.1 Å². The molecule has 0 aromatic heterocycles. The van der Waals surface area contributed by atoms with Gasteiger partial charge < -0.3 is 5.73 Å². The summed E-state index contributed by atoms with van der Waals surface area (Å²) in [4.78, 5) is 0. The molecule has 0 heterocycles. The molecule has 2 saturated carbocycles. The fourth-order valence-electron chi connectivity index (χ4n) is 3.46. The maximum absolute atomic E-state index is 6.60. The van der Waals surface area contributed by atoms with Crippen LogP contribution in [0.3, 0.4) is 0 Å². The molecule has 1 heteroatoms. The minimum Gasteiger partial charge on any atom is -0.327 e. The van der Waals surface area contributed by atoms with Gasteiger partial charge in [0, 0.05) is 11.5 Å². The Morgan fingerprint density at radius 3 is 2.53 bits per heavy atom. The highest BCUT2D eigenvalue weighted by Crippen LogP contribution is 2.48. The van der Waals surface area contributed by atoms with Gasteiger partial charge in [-0.15, -0.1) is 0 Å². The zero-order valence-corrected chi connectivity index (χ0v) is 10.4. The lowest BCUT2D eigenvalue weighted by Gasteiger charge is -2.43. The molecule has 2 atom stereocenters. The highest BCUT2D eigenvalue weighted by molar-refractivity contribution is 5.30. The van der Waals surface area contributed by atoms with Gasteiger partial charge in [-0.2, -0.15) is 0 Å². The molecule has 1 aromatic carbocycles. The third-order valence-corrected chi connectivity index (χ3v) is 4.66. The first kappa shape index (κ1) is 11.3. The first-order valence-electron chi connectivity index (χ1n) is 6.96. The second-order valence-electron chi connectivity index (χ2n) is 5.77. The standard InChI is InChI=1S/C16H22N/c17-15(13-9-10-13)16(11-5-2-6-12-16)14-7-3-1-4-8-14/h1,3-5,7-8,13,15H,2,6,9-12,17H2/t15-,16-/m1/s1. The van der Waals surface area contributed by atoms with Gasteiger partial charge in [-0.3, -0.25) is 0 Å². The van der Waals surface area contributed by atoms with Crippen molar-refractivity contribution in [2.45, 2.75) is 50.0 Å². The average molecular weight is 228 g/mol. The summed E-state index contributed by atoms with van der Waals surface area (Å²) in [6, 6.07) is 11.3. The van der Waals surface area contributed by atoms with Crippen molar-refractivity contribution in [1.29, 1.82) is 0 Å². The highest BCUT2D eigenvalue weighted by atomic mass is 14.7. The minimum absolute atomic E-state index is 0.237. The lowest BCUT2D eigenvalue weighted by Crippen LogP contribution is -2.48. The average Bonchev–Trinajstić information content (AvgIpc) is 3.24. The van der Waals surface area contributed by atoms with E-state index in [0.29, 0.717) is 6.04 Å². The molecule has 1 aromatic rings. The lowest BCUT2D eigenvalue weighted by molar-refractivity contribution is 0.257. The van der Waals surface area contributed by atoms with Crippen molar-refractivity contribution in [3.63, 3.8) is 0 Å². The van der Waals surface area contributed by atoms with E-state index >= 15 is 0 Å². The molecule has 2 N–H and O–H groups in total.